The van der Waals surface area contributed by atoms with Crippen molar-refractivity contribution in [3.8, 4) is 0 Å². The topological polar surface area (TPSA) is 44.4 Å². The van der Waals surface area contributed by atoms with E-state index in [1.165, 1.54) is 0 Å². The van der Waals surface area contributed by atoms with Crippen molar-refractivity contribution < 1.29 is 4.79 Å². The Morgan fingerprint density at radius 2 is 1.50 bits per heavy atom. The van der Waals surface area contributed by atoms with Crippen molar-refractivity contribution in [3.63, 3.8) is 0 Å². The first kappa shape index (κ1) is 16.3. The lowest BCUT2D eigenvalue weighted by Gasteiger charge is -2.30. The molecule has 124 valence electrons. The molecule has 2 aromatic rings. The molecule has 2 heterocycles. The summed E-state index contributed by atoms with van der Waals surface area (Å²) in [6.45, 7) is 2.13. The maximum absolute atomic E-state index is 13.1. The second kappa shape index (κ2) is 6.26. The van der Waals surface area contributed by atoms with Crippen LogP contribution in [0.3, 0.4) is 0 Å². The van der Waals surface area contributed by atoms with E-state index in [-0.39, 0.29) is 30.0 Å². The molecule has 4 rings (SSSR count). The molecule has 6 heteroatoms. The Labute approximate surface area is 157 Å². The molecule has 4 atom stereocenters. The standard InChI is InChI=1S/C18H17Br2N3O/c1-10-15-16(22-21-10)18(24)23(14-8-6-13(20)7-9-14)17(15)11-2-4-12(19)5-3-11/h2-10,15-17,21-22H,1H3. The van der Waals surface area contributed by atoms with E-state index < -0.39 is 0 Å². The number of halogens is 2. The predicted octanol–water partition coefficient (Wildman–Crippen LogP) is 3.78. The average molecular weight is 451 g/mol. The lowest BCUT2D eigenvalue weighted by Crippen LogP contribution is -2.42. The third-order valence-corrected chi connectivity index (χ3v) is 5.95. The predicted molar refractivity (Wildman–Crippen MR) is 102 cm³/mol. The van der Waals surface area contributed by atoms with Crippen LogP contribution in [-0.4, -0.2) is 18.0 Å². The molecule has 4 nitrogen and oxygen atoms in total. The van der Waals surface area contributed by atoms with Crippen LogP contribution in [0.2, 0.25) is 0 Å². The monoisotopic (exact) mass is 449 g/mol. The number of carbonyl (C=O) groups excluding carboxylic acids is 1. The van der Waals surface area contributed by atoms with E-state index >= 15 is 0 Å². The molecule has 0 radical (unpaired) electrons. The van der Waals surface area contributed by atoms with Gasteiger partial charge in [0.25, 0.3) is 0 Å². The number of anilines is 1. The summed E-state index contributed by atoms with van der Waals surface area (Å²) in [6.07, 6.45) is 0. The summed E-state index contributed by atoms with van der Waals surface area (Å²) in [5.74, 6) is 0.300. The van der Waals surface area contributed by atoms with Crippen molar-refractivity contribution in [3.05, 3.63) is 63.0 Å². The lowest BCUT2D eigenvalue weighted by atomic mass is 9.87. The fraction of sp³-hybridized carbons (Fsp3) is 0.278. The molecular formula is C18H17Br2N3O. The summed E-state index contributed by atoms with van der Waals surface area (Å²) in [6, 6.07) is 16.2. The molecule has 2 saturated heterocycles. The van der Waals surface area contributed by atoms with E-state index in [1.807, 2.05) is 41.3 Å². The Kier molecular flexibility index (Phi) is 4.24. The van der Waals surface area contributed by atoms with E-state index in [9.17, 15) is 4.79 Å². The minimum absolute atomic E-state index is 0.00859. The Balaban J connectivity index is 1.81. The van der Waals surface area contributed by atoms with Crippen molar-refractivity contribution in [2.45, 2.75) is 25.0 Å². The minimum atomic E-state index is -0.197. The van der Waals surface area contributed by atoms with Gasteiger partial charge in [-0.2, -0.15) is 0 Å². The van der Waals surface area contributed by atoms with Crippen molar-refractivity contribution in [2.24, 2.45) is 5.92 Å². The van der Waals surface area contributed by atoms with Crippen LogP contribution in [0.15, 0.2) is 57.5 Å². The van der Waals surface area contributed by atoms with Gasteiger partial charge in [-0.15, -0.1) is 0 Å². The van der Waals surface area contributed by atoms with Crippen molar-refractivity contribution in [1.82, 2.24) is 10.9 Å². The van der Waals surface area contributed by atoms with E-state index in [0.717, 1.165) is 20.2 Å². The molecule has 1 amide bonds. The first-order valence-corrected chi connectivity index (χ1v) is 9.50. The first-order valence-electron chi connectivity index (χ1n) is 7.91. The van der Waals surface area contributed by atoms with E-state index in [1.54, 1.807) is 0 Å². The zero-order valence-corrected chi connectivity index (χ0v) is 16.2. The Morgan fingerprint density at radius 1 is 0.917 bits per heavy atom. The molecule has 2 aliphatic heterocycles. The molecule has 0 spiro atoms. The maximum atomic E-state index is 13.1. The molecule has 0 aliphatic carbocycles. The maximum Gasteiger partial charge on any atom is 0.246 e. The number of benzene rings is 2. The fourth-order valence-corrected chi connectivity index (χ4v) is 4.29. The third-order valence-electron chi connectivity index (χ3n) is 4.89. The van der Waals surface area contributed by atoms with Crippen LogP contribution in [0.5, 0.6) is 0 Å². The second-order valence-corrected chi connectivity index (χ2v) is 8.14. The van der Waals surface area contributed by atoms with Crippen LogP contribution in [0.4, 0.5) is 5.69 Å². The Bertz CT molecular complexity index is 763. The molecule has 0 saturated carbocycles. The Hall–Kier alpha value is -1.21. The molecule has 2 aromatic carbocycles. The van der Waals surface area contributed by atoms with Crippen LogP contribution in [-0.2, 0) is 4.79 Å². The zero-order chi connectivity index (χ0) is 16.8. The molecule has 2 fully saturated rings. The van der Waals surface area contributed by atoms with E-state index in [4.69, 9.17) is 0 Å². The molecule has 0 bridgehead atoms. The smallest absolute Gasteiger partial charge is 0.246 e. The molecule has 2 aliphatic rings. The number of carbonyl (C=O) groups is 1. The van der Waals surface area contributed by atoms with Crippen molar-refractivity contribution in [2.75, 3.05) is 4.90 Å². The molecule has 4 unspecified atom stereocenters. The van der Waals surface area contributed by atoms with Crippen molar-refractivity contribution >= 4 is 43.5 Å². The number of nitrogens with zero attached hydrogens (tertiary/aromatic N) is 1. The number of rotatable bonds is 2. The molecule has 0 aromatic heterocycles. The van der Waals surface area contributed by atoms with Crippen LogP contribution in [0.25, 0.3) is 0 Å². The molecule has 2 N–H and O–H groups in total. The van der Waals surface area contributed by atoms with Gasteiger partial charge < -0.3 is 4.90 Å². The highest BCUT2D eigenvalue weighted by Gasteiger charge is 2.54. The van der Waals surface area contributed by atoms with E-state index in [0.29, 0.717) is 0 Å². The van der Waals surface area contributed by atoms with Gasteiger partial charge in [0, 0.05) is 26.6 Å². The van der Waals surface area contributed by atoms with Gasteiger partial charge in [-0.1, -0.05) is 44.0 Å². The summed E-state index contributed by atoms with van der Waals surface area (Å²) >= 11 is 6.96. The quantitative estimate of drug-likeness (QED) is 0.731. The minimum Gasteiger partial charge on any atom is -0.303 e. The van der Waals surface area contributed by atoms with Crippen LogP contribution >= 0.6 is 31.9 Å². The summed E-state index contributed by atoms with van der Waals surface area (Å²) in [4.78, 5) is 15.0. The van der Waals surface area contributed by atoms with Crippen LogP contribution < -0.4 is 15.8 Å². The normalized spacial score (nSPS) is 29.1. The number of hydrogen-bond donors (Lipinski definition) is 2. The molecule has 24 heavy (non-hydrogen) atoms. The zero-order valence-electron chi connectivity index (χ0n) is 13.0. The summed E-state index contributed by atoms with van der Waals surface area (Å²) in [5, 5.41) is 0. The average Bonchev–Trinajstić information content (AvgIpc) is 3.09. The van der Waals surface area contributed by atoms with Gasteiger partial charge in [-0.25, -0.2) is 5.43 Å². The van der Waals surface area contributed by atoms with Gasteiger partial charge in [0.05, 0.1) is 6.04 Å². The Morgan fingerprint density at radius 3 is 2.12 bits per heavy atom. The van der Waals surface area contributed by atoms with Gasteiger partial charge in [-0.05, 0) is 48.9 Å². The summed E-state index contributed by atoms with van der Waals surface area (Å²) in [7, 11) is 0. The highest BCUT2D eigenvalue weighted by atomic mass is 79.9. The largest absolute Gasteiger partial charge is 0.303 e. The first-order chi connectivity index (χ1) is 11.6. The van der Waals surface area contributed by atoms with Crippen LogP contribution in [0, 0.1) is 5.92 Å². The lowest BCUT2D eigenvalue weighted by molar-refractivity contribution is -0.119. The second-order valence-electron chi connectivity index (χ2n) is 6.31. The highest BCUT2D eigenvalue weighted by Crippen LogP contribution is 2.44. The number of hydrogen-bond acceptors (Lipinski definition) is 3. The molecular weight excluding hydrogens is 434 g/mol. The van der Waals surface area contributed by atoms with Crippen LogP contribution in [0.1, 0.15) is 18.5 Å². The van der Waals surface area contributed by atoms with Gasteiger partial charge in [0.1, 0.15) is 6.04 Å². The van der Waals surface area contributed by atoms with Gasteiger partial charge in [-0.3, -0.25) is 10.2 Å². The third kappa shape index (κ3) is 2.62. The fourth-order valence-electron chi connectivity index (χ4n) is 3.76. The number of hydrazine groups is 1. The number of nitrogens with one attached hydrogen (secondary N) is 2. The van der Waals surface area contributed by atoms with E-state index in [2.05, 4.69) is 61.8 Å². The van der Waals surface area contributed by atoms with Gasteiger partial charge >= 0.3 is 0 Å². The SMILES string of the molecule is CC1NNC2C(=O)N(c3ccc(Br)cc3)C(c3ccc(Br)cc3)C12. The van der Waals surface area contributed by atoms with Crippen molar-refractivity contribution in [1.29, 1.82) is 0 Å². The number of amides is 1. The van der Waals surface area contributed by atoms with Gasteiger partial charge in [0.15, 0.2) is 0 Å². The van der Waals surface area contributed by atoms with Gasteiger partial charge in [0.2, 0.25) is 5.91 Å². The number of fused-ring (bicyclic) bond motifs is 1. The highest BCUT2D eigenvalue weighted by molar-refractivity contribution is 9.10. The summed E-state index contributed by atoms with van der Waals surface area (Å²) in [5.41, 5.74) is 8.49. The summed E-state index contributed by atoms with van der Waals surface area (Å²) < 4.78 is 2.05.